The second kappa shape index (κ2) is 5.28. The second-order valence-electron chi connectivity index (χ2n) is 4.09. The van der Waals surface area contributed by atoms with E-state index >= 15 is 0 Å². The van der Waals surface area contributed by atoms with Crippen molar-refractivity contribution >= 4 is 17.4 Å². The Bertz CT molecular complexity index is 643. The molecule has 0 fully saturated rings. The largest absolute Gasteiger partial charge is 0.455 e. The number of nitrogens with one attached hydrogen (secondary N) is 1. The predicted molar refractivity (Wildman–Crippen MR) is 73.7 cm³/mol. The van der Waals surface area contributed by atoms with E-state index in [0.29, 0.717) is 17.1 Å². The molecule has 2 rings (SSSR count). The van der Waals surface area contributed by atoms with Gasteiger partial charge in [-0.2, -0.15) is 0 Å². The zero-order chi connectivity index (χ0) is 14.0. The van der Waals surface area contributed by atoms with Crippen LogP contribution < -0.4 is 10.5 Å². The van der Waals surface area contributed by atoms with E-state index in [2.05, 4.69) is 0 Å². The van der Waals surface area contributed by atoms with Crippen LogP contribution in [0, 0.1) is 18.2 Å². The molecule has 2 aromatic carbocycles. The molecule has 3 nitrogen and oxygen atoms in total. The lowest BCUT2D eigenvalue weighted by atomic mass is 10.1. The van der Waals surface area contributed by atoms with E-state index in [1.54, 1.807) is 12.1 Å². The molecule has 0 radical (unpaired) electrons. The fourth-order valence-electron chi connectivity index (χ4n) is 1.61. The van der Waals surface area contributed by atoms with E-state index in [1.807, 2.05) is 13.0 Å². The van der Waals surface area contributed by atoms with Gasteiger partial charge in [0.15, 0.2) is 0 Å². The van der Waals surface area contributed by atoms with E-state index in [9.17, 15) is 4.39 Å². The summed E-state index contributed by atoms with van der Waals surface area (Å²) in [5.74, 6) is 0.193. The van der Waals surface area contributed by atoms with E-state index in [4.69, 9.17) is 27.5 Å². The molecule has 0 aliphatic carbocycles. The van der Waals surface area contributed by atoms with Crippen LogP contribution in [0.5, 0.6) is 11.5 Å². The van der Waals surface area contributed by atoms with Gasteiger partial charge in [0.05, 0.1) is 10.6 Å². The number of hydrogen-bond donors (Lipinski definition) is 2. The average molecular weight is 279 g/mol. The first-order valence-corrected chi connectivity index (χ1v) is 5.93. The Morgan fingerprint density at radius 1 is 1.21 bits per heavy atom. The van der Waals surface area contributed by atoms with Crippen LogP contribution in [0.4, 0.5) is 4.39 Å². The van der Waals surface area contributed by atoms with Crippen LogP contribution in [0.15, 0.2) is 36.4 Å². The zero-order valence-electron chi connectivity index (χ0n) is 10.2. The maximum absolute atomic E-state index is 13.0. The van der Waals surface area contributed by atoms with Crippen molar-refractivity contribution in [3.63, 3.8) is 0 Å². The van der Waals surface area contributed by atoms with Gasteiger partial charge in [0, 0.05) is 0 Å². The molecule has 0 saturated carbocycles. The Labute approximate surface area is 115 Å². The highest BCUT2D eigenvalue weighted by molar-refractivity contribution is 6.32. The van der Waals surface area contributed by atoms with Crippen LogP contribution in [-0.4, -0.2) is 5.84 Å². The molecule has 0 saturated heterocycles. The minimum atomic E-state index is -0.437. The van der Waals surface area contributed by atoms with E-state index in [0.717, 1.165) is 5.56 Å². The molecule has 0 bridgehead atoms. The van der Waals surface area contributed by atoms with Gasteiger partial charge >= 0.3 is 0 Å². The van der Waals surface area contributed by atoms with E-state index < -0.39 is 5.82 Å². The highest BCUT2D eigenvalue weighted by atomic mass is 35.5. The first-order valence-electron chi connectivity index (χ1n) is 5.55. The molecule has 0 heterocycles. The number of benzene rings is 2. The van der Waals surface area contributed by atoms with Gasteiger partial charge in [-0.25, -0.2) is 4.39 Å². The summed E-state index contributed by atoms with van der Waals surface area (Å²) < 4.78 is 18.6. The Kier molecular flexibility index (Phi) is 3.71. The van der Waals surface area contributed by atoms with Gasteiger partial charge in [0.25, 0.3) is 0 Å². The number of rotatable bonds is 3. The van der Waals surface area contributed by atoms with Gasteiger partial charge in [-0.05, 0) is 42.8 Å². The van der Waals surface area contributed by atoms with Gasteiger partial charge in [-0.3, -0.25) is 5.41 Å². The molecular weight excluding hydrogens is 267 g/mol. The SMILES string of the molecule is Cc1ccc(C(=N)N)c(Oc2ccc(F)cc2Cl)c1. The van der Waals surface area contributed by atoms with Crippen molar-refractivity contribution in [2.75, 3.05) is 0 Å². The lowest BCUT2D eigenvalue weighted by Gasteiger charge is -2.12. The molecule has 19 heavy (non-hydrogen) atoms. The van der Waals surface area contributed by atoms with Gasteiger partial charge in [-0.1, -0.05) is 17.7 Å². The van der Waals surface area contributed by atoms with Crippen molar-refractivity contribution in [1.29, 1.82) is 5.41 Å². The number of hydrogen-bond acceptors (Lipinski definition) is 2. The topological polar surface area (TPSA) is 59.1 Å². The standard InChI is InChI=1S/C14H12ClFN2O/c1-8-2-4-10(14(17)18)13(6-8)19-12-5-3-9(16)7-11(12)15/h2-7H,1H3,(H3,17,18). The van der Waals surface area contributed by atoms with Crippen molar-refractivity contribution in [3.05, 3.63) is 58.4 Å². The third-order valence-electron chi connectivity index (χ3n) is 2.54. The maximum Gasteiger partial charge on any atom is 0.146 e. The Morgan fingerprint density at radius 2 is 1.95 bits per heavy atom. The fourth-order valence-corrected chi connectivity index (χ4v) is 1.82. The summed E-state index contributed by atoms with van der Waals surface area (Å²) in [7, 11) is 0. The van der Waals surface area contributed by atoms with Crippen molar-refractivity contribution in [3.8, 4) is 11.5 Å². The highest BCUT2D eigenvalue weighted by Crippen LogP contribution is 2.32. The molecule has 0 aromatic heterocycles. The van der Waals surface area contributed by atoms with Crippen molar-refractivity contribution in [2.24, 2.45) is 5.73 Å². The van der Waals surface area contributed by atoms with Crippen LogP contribution in [-0.2, 0) is 0 Å². The Hall–Kier alpha value is -2.07. The zero-order valence-corrected chi connectivity index (χ0v) is 11.0. The molecule has 0 aliphatic heterocycles. The van der Waals surface area contributed by atoms with E-state index in [-0.39, 0.29) is 10.9 Å². The summed E-state index contributed by atoms with van der Waals surface area (Å²) in [6, 6.07) is 9.13. The second-order valence-corrected chi connectivity index (χ2v) is 4.50. The monoisotopic (exact) mass is 278 g/mol. The molecule has 0 aliphatic rings. The number of nitrogens with two attached hydrogens (primary N) is 1. The minimum absolute atomic E-state index is 0.103. The molecule has 0 amide bonds. The molecule has 3 N–H and O–H groups in total. The first-order chi connectivity index (χ1) is 8.97. The minimum Gasteiger partial charge on any atom is -0.455 e. The summed E-state index contributed by atoms with van der Waals surface area (Å²) in [4.78, 5) is 0. The van der Waals surface area contributed by atoms with Crippen LogP contribution in [0.2, 0.25) is 5.02 Å². The van der Waals surface area contributed by atoms with Crippen molar-refractivity contribution in [1.82, 2.24) is 0 Å². The summed E-state index contributed by atoms with van der Waals surface area (Å²) in [6.07, 6.45) is 0. The average Bonchev–Trinajstić information content (AvgIpc) is 2.32. The number of amidine groups is 1. The smallest absolute Gasteiger partial charge is 0.146 e. The number of ether oxygens (including phenoxy) is 1. The van der Waals surface area contributed by atoms with Gasteiger partial charge < -0.3 is 10.5 Å². The first kappa shape index (κ1) is 13.4. The van der Waals surface area contributed by atoms with Gasteiger partial charge in [-0.15, -0.1) is 0 Å². The number of nitrogen functional groups attached to an aromatic ring is 1. The molecule has 98 valence electrons. The van der Waals surface area contributed by atoms with Gasteiger partial charge in [0.1, 0.15) is 23.2 Å². The third-order valence-corrected chi connectivity index (χ3v) is 2.84. The molecule has 0 unspecified atom stereocenters. The number of aryl methyl sites for hydroxylation is 1. The van der Waals surface area contributed by atoms with Crippen molar-refractivity contribution < 1.29 is 9.13 Å². The van der Waals surface area contributed by atoms with Crippen LogP contribution >= 0.6 is 11.6 Å². The predicted octanol–water partition coefficient (Wildman–Crippen LogP) is 3.86. The third kappa shape index (κ3) is 3.03. The lowest BCUT2D eigenvalue weighted by molar-refractivity contribution is 0.479. The highest BCUT2D eigenvalue weighted by Gasteiger charge is 2.10. The molecular formula is C14H12ClFN2O. The molecule has 0 spiro atoms. The summed E-state index contributed by atoms with van der Waals surface area (Å²) in [5.41, 5.74) is 6.91. The number of halogens is 2. The molecule has 2 aromatic rings. The Balaban J connectivity index is 2.42. The molecule has 5 heteroatoms. The van der Waals surface area contributed by atoms with Crippen LogP contribution in [0.25, 0.3) is 0 Å². The molecule has 0 atom stereocenters. The summed E-state index contributed by atoms with van der Waals surface area (Å²) in [6.45, 7) is 1.89. The fraction of sp³-hybridized carbons (Fsp3) is 0.0714. The van der Waals surface area contributed by atoms with Crippen molar-refractivity contribution in [2.45, 2.75) is 6.92 Å². The normalized spacial score (nSPS) is 10.3. The summed E-state index contributed by atoms with van der Waals surface area (Å²) >= 11 is 5.90. The van der Waals surface area contributed by atoms with Crippen LogP contribution in [0.1, 0.15) is 11.1 Å². The van der Waals surface area contributed by atoms with E-state index in [1.165, 1.54) is 18.2 Å². The van der Waals surface area contributed by atoms with Crippen LogP contribution in [0.3, 0.4) is 0 Å². The lowest BCUT2D eigenvalue weighted by Crippen LogP contribution is -2.12. The quantitative estimate of drug-likeness (QED) is 0.661. The Morgan fingerprint density at radius 3 is 2.58 bits per heavy atom. The van der Waals surface area contributed by atoms with Gasteiger partial charge in [0.2, 0.25) is 0 Å². The maximum atomic E-state index is 13.0. The summed E-state index contributed by atoms with van der Waals surface area (Å²) in [5, 5.41) is 7.67.